The maximum Gasteiger partial charge on any atom is 0.410 e. The van der Waals surface area contributed by atoms with Gasteiger partial charge in [0, 0.05) is 52.8 Å². The highest BCUT2D eigenvalue weighted by molar-refractivity contribution is 6.16. The molecule has 0 radical (unpaired) electrons. The Morgan fingerprint density at radius 1 is 1.10 bits per heavy atom. The van der Waals surface area contributed by atoms with Gasteiger partial charge in [-0.15, -0.1) is 0 Å². The van der Waals surface area contributed by atoms with E-state index >= 15 is 0 Å². The molecule has 39 heavy (non-hydrogen) atoms. The van der Waals surface area contributed by atoms with E-state index < -0.39 is 5.60 Å². The minimum absolute atomic E-state index is 0.0396. The van der Waals surface area contributed by atoms with Crippen molar-refractivity contribution >= 4 is 40.7 Å². The van der Waals surface area contributed by atoms with Crippen LogP contribution in [0.15, 0.2) is 47.6 Å². The van der Waals surface area contributed by atoms with Gasteiger partial charge in [-0.25, -0.2) is 10.2 Å². The second kappa shape index (κ2) is 9.55. The Kier molecular flexibility index (Phi) is 6.16. The Morgan fingerprint density at radius 2 is 1.85 bits per heavy atom. The van der Waals surface area contributed by atoms with E-state index in [4.69, 9.17) is 4.74 Å². The molecule has 3 heterocycles. The highest BCUT2D eigenvalue weighted by Gasteiger charge is 2.44. The molecule has 3 aliphatic rings. The number of nitrogens with one attached hydrogen (secondary N) is 3. The molecule has 0 spiro atoms. The predicted molar refractivity (Wildman–Crippen MR) is 149 cm³/mol. The number of anilines is 1. The Morgan fingerprint density at radius 3 is 2.56 bits per heavy atom. The van der Waals surface area contributed by atoms with E-state index in [0.717, 1.165) is 41.4 Å². The van der Waals surface area contributed by atoms with E-state index in [9.17, 15) is 14.4 Å². The monoisotopic (exact) mass is 527 g/mol. The van der Waals surface area contributed by atoms with Gasteiger partial charge >= 0.3 is 6.09 Å². The van der Waals surface area contributed by atoms with Gasteiger partial charge in [-0.2, -0.15) is 5.10 Å². The molecule has 2 unspecified atom stereocenters. The van der Waals surface area contributed by atoms with E-state index in [1.165, 1.54) is 5.56 Å². The molecule has 1 saturated carbocycles. The number of piperidine rings is 1. The molecule has 3 amide bonds. The molecule has 1 aromatic heterocycles. The van der Waals surface area contributed by atoms with Crippen LogP contribution in [0.25, 0.3) is 10.9 Å². The summed E-state index contributed by atoms with van der Waals surface area (Å²) in [7, 11) is 0. The van der Waals surface area contributed by atoms with Crippen molar-refractivity contribution in [3.63, 3.8) is 0 Å². The van der Waals surface area contributed by atoms with Crippen molar-refractivity contribution in [2.24, 2.45) is 11.0 Å². The van der Waals surface area contributed by atoms with Crippen molar-refractivity contribution in [3.05, 3.63) is 64.8 Å². The number of rotatable bonds is 4. The molecular formula is C30H33N5O4. The zero-order chi connectivity index (χ0) is 27.3. The first-order chi connectivity index (χ1) is 18.7. The van der Waals surface area contributed by atoms with Crippen molar-refractivity contribution < 1.29 is 19.1 Å². The summed E-state index contributed by atoms with van der Waals surface area (Å²) < 4.78 is 5.54. The predicted octanol–water partition coefficient (Wildman–Crippen LogP) is 5.10. The normalized spacial score (nSPS) is 20.9. The highest BCUT2D eigenvalue weighted by atomic mass is 16.6. The van der Waals surface area contributed by atoms with Gasteiger partial charge in [-0.3, -0.25) is 9.59 Å². The SMILES string of the molecule is CC(C)(C)OC(=O)N1CCC(c2[nH]c3cc(NC(=O)C4CC4c4ccccc4)cc4c3c2C=NNC4=O)CC1. The van der Waals surface area contributed by atoms with Crippen molar-refractivity contribution in [1.29, 1.82) is 0 Å². The molecule has 2 aromatic carbocycles. The summed E-state index contributed by atoms with van der Waals surface area (Å²) in [4.78, 5) is 43.8. The average molecular weight is 528 g/mol. The molecule has 6 rings (SSSR count). The molecule has 2 aliphatic heterocycles. The number of ether oxygens (including phenoxy) is 1. The Labute approximate surface area is 227 Å². The molecule has 2 fully saturated rings. The summed E-state index contributed by atoms with van der Waals surface area (Å²) in [6.45, 7) is 6.77. The van der Waals surface area contributed by atoms with Crippen LogP contribution in [0.2, 0.25) is 0 Å². The average Bonchev–Trinajstić information content (AvgIpc) is 3.66. The third-order valence-electron chi connectivity index (χ3n) is 7.75. The molecule has 1 aliphatic carbocycles. The third-order valence-corrected chi connectivity index (χ3v) is 7.75. The van der Waals surface area contributed by atoms with Gasteiger partial charge in [-0.05, 0) is 63.6 Å². The standard InChI is InChI=1S/C30H33N5O4/c1-30(2,3)39-29(38)35-11-9-18(10-12-35)26-23-16-31-34-28(37)22-13-19(14-24(33-26)25(22)23)32-27(36)21-15-20(21)17-7-5-4-6-8-17/h4-8,13-14,16,18,20-21,33H,9-12,15H2,1-3H3,(H,32,36)(H,34,37). The maximum atomic E-state index is 13.1. The number of hydrogen-bond donors (Lipinski definition) is 3. The lowest BCUT2D eigenvalue weighted by Gasteiger charge is -2.33. The number of benzene rings is 2. The quantitative estimate of drug-likeness (QED) is 0.438. The Balaban J connectivity index is 1.23. The first-order valence-electron chi connectivity index (χ1n) is 13.5. The number of nitrogens with zero attached hydrogens (tertiary/aromatic N) is 2. The van der Waals surface area contributed by atoms with Gasteiger partial charge in [0.2, 0.25) is 5.91 Å². The molecule has 9 heteroatoms. The summed E-state index contributed by atoms with van der Waals surface area (Å²) in [6.07, 6.45) is 3.74. The van der Waals surface area contributed by atoms with Crippen LogP contribution in [0.5, 0.6) is 0 Å². The molecule has 3 N–H and O–H groups in total. The zero-order valence-corrected chi connectivity index (χ0v) is 22.4. The number of likely N-dealkylation sites (tertiary alicyclic amines) is 1. The van der Waals surface area contributed by atoms with E-state index in [0.29, 0.717) is 24.3 Å². The number of H-pyrrole nitrogens is 1. The summed E-state index contributed by atoms with van der Waals surface area (Å²) >= 11 is 0. The fraction of sp³-hybridized carbons (Fsp3) is 0.400. The molecule has 202 valence electrons. The van der Waals surface area contributed by atoms with E-state index in [1.54, 1.807) is 17.2 Å². The lowest BCUT2D eigenvalue weighted by Crippen LogP contribution is -2.41. The van der Waals surface area contributed by atoms with Crippen LogP contribution >= 0.6 is 0 Å². The number of hydrogen-bond acceptors (Lipinski definition) is 5. The second-order valence-corrected chi connectivity index (χ2v) is 11.7. The lowest BCUT2D eigenvalue weighted by atomic mass is 9.90. The van der Waals surface area contributed by atoms with Crippen LogP contribution in [0.4, 0.5) is 10.5 Å². The number of carbonyl (C=O) groups excluding carboxylic acids is 3. The highest BCUT2D eigenvalue weighted by Crippen LogP contribution is 2.48. The van der Waals surface area contributed by atoms with E-state index in [1.807, 2.05) is 45.0 Å². The van der Waals surface area contributed by atoms with Gasteiger partial charge in [0.15, 0.2) is 0 Å². The van der Waals surface area contributed by atoms with Crippen molar-refractivity contribution in [2.75, 3.05) is 18.4 Å². The van der Waals surface area contributed by atoms with Gasteiger partial charge < -0.3 is 19.9 Å². The van der Waals surface area contributed by atoms with Crippen LogP contribution in [-0.2, 0) is 9.53 Å². The first kappa shape index (κ1) is 25.2. The molecular weight excluding hydrogens is 494 g/mol. The first-order valence-corrected chi connectivity index (χ1v) is 13.5. The Hall–Kier alpha value is -4.14. The minimum atomic E-state index is -0.533. The Bertz CT molecular complexity index is 1480. The van der Waals surface area contributed by atoms with E-state index in [-0.39, 0.29) is 35.7 Å². The van der Waals surface area contributed by atoms with E-state index in [2.05, 4.69) is 33.0 Å². The number of aromatic nitrogens is 1. The van der Waals surface area contributed by atoms with Gasteiger partial charge in [0.1, 0.15) is 5.60 Å². The topological polar surface area (TPSA) is 116 Å². The number of aromatic amines is 1. The minimum Gasteiger partial charge on any atom is -0.444 e. The van der Waals surface area contributed by atoms with Crippen LogP contribution in [0, 0.1) is 5.92 Å². The summed E-state index contributed by atoms with van der Waals surface area (Å²) in [5, 5.41) is 8.00. The fourth-order valence-corrected chi connectivity index (χ4v) is 5.77. The van der Waals surface area contributed by atoms with Crippen molar-refractivity contribution in [2.45, 2.75) is 57.5 Å². The number of amides is 3. The van der Waals surface area contributed by atoms with Crippen LogP contribution in [0.1, 0.15) is 79.0 Å². The molecule has 9 nitrogen and oxygen atoms in total. The van der Waals surface area contributed by atoms with Gasteiger partial charge in [-0.1, -0.05) is 30.3 Å². The smallest absolute Gasteiger partial charge is 0.410 e. The fourth-order valence-electron chi connectivity index (χ4n) is 5.77. The summed E-state index contributed by atoms with van der Waals surface area (Å²) in [5.41, 5.74) is 6.93. The van der Waals surface area contributed by atoms with Gasteiger partial charge in [0.05, 0.1) is 11.8 Å². The van der Waals surface area contributed by atoms with Crippen LogP contribution in [0.3, 0.4) is 0 Å². The van der Waals surface area contributed by atoms with Crippen molar-refractivity contribution in [3.8, 4) is 0 Å². The van der Waals surface area contributed by atoms with Gasteiger partial charge in [0.25, 0.3) is 5.91 Å². The van der Waals surface area contributed by atoms with Crippen molar-refractivity contribution in [1.82, 2.24) is 15.3 Å². The summed E-state index contributed by atoms with van der Waals surface area (Å²) in [5.74, 6) is -0.0466. The third kappa shape index (κ3) is 5.01. The lowest BCUT2D eigenvalue weighted by molar-refractivity contribution is -0.117. The zero-order valence-electron chi connectivity index (χ0n) is 22.4. The number of carbonyl (C=O) groups is 3. The summed E-state index contributed by atoms with van der Waals surface area (Å²) in [6, 6.07) is 13.7. The van der Waals surface area contributed by atoms with Crippen LogP contribution in [-0.4, -0.2) is 52.7 Å². The number of hydrazone groups is 1. The molecule has 1 saturated heterocycles. The molecule has 3 aromatic rings. The molecule has 0 bridgehead atoms. The maximum absolute atomic E-state index is 13.1. The van der Waals surface area contributed by atoms with Crippen LogP contribution < -0.4 is 10.7 Å². The largest absolute Gasteiger partial charge is 0.444 e. The molecule has 2 atom stereocenters. The second-order valence-electron chi connectivity index (χ2n) is 11.7.